The third-order valence-electron chi connectivity index (χ3n) is 4.55. The van der Waals surface area contributed by atoms with E-state index < -0.39 is 17.5 Å². The number of hydrogen-bond acceptors (Lipinski definition) is 4. The lowest BCUT2D eigenvalue weighted by atomic mass is 10.1. The first-order valence-electron chi connectivity index (χ1n) is 9.30. The van der Waals surface area contributed by atoms with Gasteiger partial charge in [-0.15, -0.1) is 0 Å². The molecule has 1 aromatic heterocycles. The van der Waals surface area contributed by atoms with Crippen LogP contribution < -0.4 is 16.2 Å². The zero-order valence-electron chi connectivity index (χ0n) is 16.8. The Kier molecular flexibility index (Phi) is 6.32. The summed E-state index contributed by atoms with van der Waals surface area (Å²) in [5.74, 6) is -0.601. The Morgan fingerprint density at radius 3 is 2.47 bits per heavy atom. The molecule has 0 aliphatic heterocycles. The fourth-order valence-corrected chi connectivity index (χ4v) is 3.06. The number of aryl methyl sites for hydroxylation is 1. The molecule has 1 heterocycles. The molecule has 0 fully saturated rings. The van der Waals surface area contributed by atoms with Gasteiger partial charge in [-0.3, -0.25) is 14.4 Å². The van der Waals surface area contributed by atoms with Crippen molar-refractivity contribution < 1.29 is 9.59 Å². The number of nitrogens with zero attached hydrogens (tertiary/aromatic N) is 2. The molecule has 2 N–H and O–H groups in total. The van der Waals surface area contributed by atoms with Crippen LogP contribution >= 0.6 is 11.6 Å². The molecule has 0 aliphatic carbocycles. The highest BCUT2D eigenvalue weighted by molar-refractivity contribution is 6.33. The minimum atomic E-state index is -0.867. The Morgan fingerprint density at radius 1 is 1.03 bits per heavy atom. The van der Waals surface area contributed by atoms with E-state index in [4.69, 9.17) is 11.6 Å². The molecule has 2 aromatic carbocycles. The molecule has 0 radical (unpaired) electrons. The summed E-state index contributed by atoms with van der Waals surface area (Å²) >= 11 is 6.09. The maximum atomic E-state index is 12.7. The summed E-state index contributed by atoms with van der Waals surface area (Å²) in [6.45, 7) is 4.90. The lowest BCUT2D eigenvalue weighted by Crippen LogP contribution is -2.33. The first-order valence-corrected chi connectivity index (χ1v) is 9.68. The van der Waals surface area contributed by atoms with E-state index in [9.17, 15) is 14.4 Å². The molecule has 7 nitrogen and oxygen atoms in total. The fraction of sp³-hybridized carbons (Fsp3) is 0.182. The van der Waals surface area contributed by atoms with E-state index in [1.807, 2.05) is 19.1 Å². The molecule has 3 aromatic rings. The minimum absolute atomic E-state index is 0.182. The average Bonchev–Trinajstić information content (AvgIpc) is 2.71. The van der Waals surface area contributed by atoms with Crippen molar-refractivity contribution in [2.45, 2.75) is 26.8 Å². The first-order chi connectivity index (χ1) is 14.3. The normalized spacial score (nSPS) is 11.6. The van der Waals surface area contributed by atoms with E-state index in [0.29, 0.717) is 27.7 Å². The molecule has 8 heteroatoms. The molecule has 0 aliphatic rings. The summed E-state index contributed by atoms with van der Waals surface area (Å²) < 4.78 is 1.12. The molecule has 0 bridgehead atoms. The number of amides is 2. The second-order valence-electron chi connectivity index (χ2n) is 6.86. The fourth-order valence-electron chi connectivity index (χ4n) is 2.87. The van der Waals surface area contributed by atoms with Crippen LogP contribution in [0.25, 0.3) is 11.3 Å². The highest BCUT2D eigenvalue weighted by atomic mass is 35.5. The molecule has 2 amide bonds. The van der Waals surface area contributed by atoms with Crippen molar-refractivity contribution in [3.63, 3.8) is 0 Å². The number of rotatable bonds is 5. The number of benzene rings is 2. The van der Waals surface area contributed by atoms with Gasteiger partial charge in [0.2, 0.25) is 11.8 Å². The van der Waals surface area contributed by atoms with Crippen LogP contribution in [0, 0.1) is 6.92 Å². The van der Waals surface area contributed by atoms with Crippen molar-refractivity contribution in [1.29, 1.82) is 0 Å². The van der Waals surface area contributed by atoms with Gasteiger partial charge in [0.05, 0.1) is 16.4 Å². The number of nitrogens with one attached hydrogen (secondary N) is 2. The standard InChI is InChI=1S/C22H21ClN4O3/c1-13-8-9-16(12-20(13)24-15(3)28)18-10-11-21(29)27(26-18)14(2)22(30)25-19-7-5-4-6-17(19)23/h4-12,14H,1-3H3,(H,24,28)(H,25,30)/t14-/m0/s1. The number of hydrogen-bond donors (Lipinski definition) is 2. The predicted octanol–water partition coefficient (Wildman–Crippen LogP) is 4.03. The van der Waals surface area contributed by atoms with Gasteiger partial charge in [-0.1, -0.05) is 35.9 Å². The van der Waals surface area contributed by atoms with Gasteiger partial charge in [-0.05, 0) is 43.7 Å². The maximum Gasteiger partial charge on any atom is 0.267 e. The minimum Gasteiger partial charge on any atom is -0.326 e. The zero-order valence-corrected chi connectivity index (χ0v) is 17.5. The van der Waals surface area contributed by atoms with Crippen LogP contribution in [0.15, 0.2) is 59.4 Å². The molecule has 0 spiro atoms. The van der Waals surface area contributed by atoms with Crippen LogP contribution in [0.2, 0.25) is 5.02 Å². The molecule has 1 atom stereocenters. The summed E-state index contributed by atoms with van der Waals surface area (Å²) in [6.07, 6.45) is 0. The number of halogens is 1. The molecule has 30 heavy (non-hydrogen) atoms. The Morgan fingerprint density at radius 2 is 1.77 bits per heavy atom. The van der Waals surface area contributed by atoms with Gasteiger partial charge >= 0.3 is 0 Å². The SMILES string of the molecule is CC(=O)Nc1cc(-c2ccc(=O)n([C@@H](C)C(=O)Nc3ccccc3Cl)n2)ccc1C. The summed E-state index contributed by atoms with van der Waals surface area (Å²) in [5, 5.41) is 10.3. The van der Waals surface area contributed by atoms with Gasteiger partial charge < -0.3 is 10.6 Å². The molecule has 0 unspecified atom stereocenters. The van der Waals surface area contributed by atoms with Gasteiger partial charge in [0.15, 0.2) is 0 Å². The van der Waals surface area contributed by atoms with E-state index in [2.05, 4.69) is 15.7 Å². The Labute approximate surface area is 178 Å². The highest BCUT2D eigenvalue weighted by Gasteiger charge is 2.19. The third-order valence-corrected chi connectivity index (χ3v) is 4.88. The second kappa shape index (κ2) is 8.92. The average molecular weight is 425 g/mol. The third kappa shape index (κ3) is 4.75. The van der Waals surface area contributed by atoms with Gasteiger partial charge in [0.25, 0.3) is 5.56 Å². The smallest absolute Gasteiger partial charge is 0.267 e. The predicted molar refractivity (Wildman–Crippen MR) is 118 cm³/mol. The number of para-hydroxylation sites is 1. The summed E-state index contributed by atoms with van der Waals surface area (Å²) in [7, 11) is 0. The molecular weight excluding hydrogens is 404 g/mol. The van der Waals surface area contributed by atoms with Gasteiger partial charge in [0, 0.05) is 24.2 Å². The van der Waals surface area contributed by atoms with E-state index in [0.717, 1.165) is 10.2 Å². The zero-order chi connectivity index (χ0) is 21.8. The maximum absolute atomic E-state index is 12.7. The van der Waals surface area contributed by atoms with Crippen molar-refractivity contribution in [1.82, 2.24) is 9.78 Å². The summed E-state index contributed by atoms with van der Waals surface area (Å²) in [6, 6.07) is 14.4. The Hall–Kier alpha value is -3.45. The second-order valence-corrected chi connectivity index (χ2v) is 7.26. The monoisotopic (exact) mass is 424 g/mol. The Balaban J connectivity index is 1.92. The summed E-state index contributed by atoms with van der Waals surface area (Å²) in [5.41, 5.74) is 2.81. The molecule has 0 saturated heterocycles. The van der Waals surface area contributed by atoms with Crippen molar-refractivity contribution >= 4 is 34.8 Å². The molecular formula is C22H21ClN4O3. The lowest BCUT2D eigenvalue weighted by Gasteiger charge is -2.16. The Bertz CT molecular complexity index is 1170. The van der Waals surface area contributed by atoms with Crippen molar-refractivity contribution in [2.24, 2.45) is 0 Å². The van der Waals surface area contributed by atoms with E-state index >= 15 is 0 Å². The topological polar surface area (TPSA) is 93.1 Å². The largest absolute Gasteiger partial charge is 0.326 e. The van der Waals surface area contributed by atoms with Crippen LogP contribution in [-0.2, 0) is 9.59 Å². The summed E-state index contributed by atoms with van der Waals surface area (Å²) in [4.78, 5) is 36.5. The van der Waals surface area contributed by atoms with E-state index in [-0.39, 0.29) is 5.91 Å². The molecule has 3 rings (SSSR count). The van der Waals surface area contributed by atoms with E-state index in [1.165, 1.54) is 13.0 Å². The van der Waals surface area contributed by atoms with E-state index in [1.54, 1.807) is 43.3 Å². The van der Waals surface area contributed by atoms with Crippen LogP contribution in [0.1, 0.15) is 25.5 Å². The number of carbonyl (C=O) groups is 2. The number of aromatic nitrogens is 2. The van der Waals surface area contributed by atoms with Crippen LogP contribution in [0.5, 0.6) is 0 Å². The van der Waals surface area contributed by atoms with Crippen LogP contribution in [0.4, 0.5) is 11.4 Å². The quantitative estimate of drug-likeness (QED) is 0.646. The highest BCUT2D eigenvalue weighted by Crippen LogP contribution is 2.24. The van der Waals surface area contributed by atoms with Gasteiger partial charge in [-0.25, -0.2) is 4.68 Å². The van der Waals surface area contributed by atoms with Crippen molar-refractivity contribution in [2.75, 3.05) is 10.6 Å². The van der Waals surface area contributed by atoms with Crippen molar-refractivity contribution in [3.8, 4) is 11.3 Å². The van der Waals surface area contributed by atoms with Crippen molar-refractivity contribution in [3.05, 3.63) is 75.5 Å². The van der Waals surface area contributed by atoms with Gasteiger partial charge in [0.1, 0.15) is 6.04 Å². The molecule has 154 valence electrons. The van der Waals surface area contributed by atoms with Crippen LogP contribution in [-0.4, -0.2) is 21.6 Å². The van der Waals surface area contributed by atoms with Crippen LogP contribution in [0.3, 0.4) is 0 Å². The molecule has 0 saturated carbocycles. The number of carbonyl (C=O) groups excluding carboxylic acids is 2. The first kappa shape index (κ1) is 21.3. The lowest BCUT2D eigenvalue weighted by molar-refractivity contribution is -0.119. The number of anilines is 2. The van der Waals surface area contributed by atoms with Gasteiger partial charge in [-0.2, -0.15) is 5.10 Å².